The molecule has 3 heterocycles. The number of hydrogen-bond donors (Lipinski definition) is 1. The normalized spacial score (nSPS) is 11.3. The maximum Gasteiger partial charge on any atom is 0.335 e. The van der Waals surface area contributed by atoms with E-state index >= 15 is 8.78 Å². The number of fused-ring (bicyclic) bond motifs is 1. The van der Waals surface area contributed by atoms with Crippen LogP contribution < -0.4 is 4.74 Å². The van der Waals surface area contributed by atoms with Crippen molar-refractivity contribution in [3.05, 3.63) is 131 Å². The second kappa shape index (κ2) is 13.4. The van der Waals surface area contributed by atoms with Gasteiger partial charge in [-0.25, -0.2) is 27.9 Å². The van der Waals surface area contributed by atoms with Crippen LogP contribution in [0.15, 0.2) is 85.1 Å². The van der Waals surface area contributed by atoms with Crippen molar-refractivity contribution in [2.24, 2.45) is 0 Å². The van der Waals surface area contributed by atoms with Gasteiger partial charge >= 0.3 is 5.97 Å². The average molecular weight is 639 g/mol. The van der Waals surface area contributed by atoms with Crippen molar-refractivity contribution in [2.45, 2.75) is 26.5 Å². The van der Waals surface area contributed by atoms with Crippen molar-refractivity contribution < 1.29 is 32.5 Å². The number of aromatic nitrogens is 4. The molecule has 0 fully saturated rings. The number of pyridine rings is 2. The molecule has 1 N–H and O–H groups in total. The monoisotopic (exact) mass is 638 g/mol. The highest BCUT2D eigenvalue weighted by molar-refractivity contribution is 5.92. The number of methoxy groups -OCH3 is 1. The lowest BCUT2D eigenvalue weighted by molar-refractivity contribution is 0.0697. The molecule has 0 saturated carbocycles. The summed E-state index contributed by atoms with van der Waals surface area (Å²) in [5.74, 6) is -2.37. The van der Waals surface area contributed by atoms with Gasteiger partial charge in [0.25, 0.3) is 0 Å². The molecule has 0 bridgehead atoms. The van der Waals surface area contributed by atoms with Crippen molar-refractivity contribution in [2.75, 3.05) is 13.7 Å². The van der Waals surface area contributed by atoms with E-state index in [9.17, 15) is 14.3 Å². The smallest absolute Gasteiger partial charge is 0.335 e. The van der Waals surface area contributed by atoms with Crippen LogP contribution in [0.2, 0.25) is 0 Å². The molecule has 238 valence electrons. The SMILES string of the molecule is COCCn1c(Cc2cc(F)c(-c3cccc(OCc4ccc(-c5cccnc5C)cc4F)n3)cc2F)nc2ccc(C(=O)O)cc21. The molecule has 47 heavy (non-hydrogen) atoms. The Morgan fingerprint density at radius 1 is 0.872 bits per heavy atom. The van der Waals surface area contributed by atoms with Gasteiger partial charge in [0.05, 0.1) is 28.9 Å². The largest absolute Gasteiger partial charge is 0.478 e. The highest BCUT2D eigenvalue weighted by atomic mass is 19.1. The molecule has 6 rings (SSSR count). The Hall–Kier alpha value is -5.55. The number of rotatable bonds is 11. The predicted molar refractivity (Wildman–Crippen MR) is 170 cm³/mol. The zero-order chi connectivity index (χ0) is 33.1. The maximum atomic E-state index is 15.5. The van der Waals surface area contributed by atoms with Gasteiger partial charge in [0, 0.05) is 54.7 Å². The molecule has 0 aliphatic carbocycles. The quantitative estimate of drug-likeness (QED) is 0.158. The van der Waals surface area contributed by atoms with Crippen LogP contribution in [-0.2, 0) is 24.3 Å². The summed E-state index contributed by atoms with van der Waals surface area (Å²) in [6, 6.07) is 19.9. The fourth-order valence-corrected chi connectivity index (χ4v) is 5.38. The molecule has 0 saturated heterocycles. The second-order valence-corrected chi connectivity index (χ2v) is 10.9. The summed E-state index contributed by atoms with van der Waals surface area (Å²) >= 11 is 0. The first-order valence-electron chi connectivity index (χ1n) is 14.7. The average Bonchev–Trinajstić information content (AvgIpc) is 3.40. The standard InChI is InChI=1S/C36H29F3N4O4/c1-21-26(5-4-12-40-21)22-8-9-24(28(37)15-22)20-47-35-7-3-6-31(42-35)27-19-29(38)25(16-30(27)39)18-34-41-32-11-10-23(36(44)45)17-33(32)43(34)13-14-46-2/h3-12,15-17,19H,13-14,18,20H2,1-2H3,(H,44,45). The molecule has 0 atom stereocenters. The molecule has 8 nitrogen and oxygen atoms in total. The Morgan fingerprint density at radius 2 is 1.70 bits per heavy atom. The lowest BCUT2D eigenvalue weighted by atomic mass is 10.0. The molecule has 0 radical (unpaired) electrons. The van der Waals surface area contributed by atoms with E-state index in [1.807, 2.05) is 13.0 Å². The first kappa shape index (κ1) is 31.4. The summed E-state index contributed by atoms with van der Waals surface area (Å²) in [5, 5.41) is 9.43. The van der Waals surface area contributed by atoms with Crippen LogP contribution in [0, 0.1) is 24.4 Å². The van der Waals surface area contributed by atoms with Gasteiger partial charge in [-0.05, 0) is 66.6 Å². The molecule has 0 aliphatic rings. The number of carboxylic acids is 1. The van der Waals surface area contributed by atoms with Gasteiger partial charge < -0.3 is 19.1 Å². The third-order valence-electron chi connectivity index (χ3n) is 7.82. The predicted octanol–water partition coefficient (Wildman–Crippen LogP) is 7.40. The summed E-state index contributed by atoms with van der Waals surface area (Å²) in [4.78, 5) is 24.7. The Bertz CT molecular complexity index is 2110. The zero-order valence-electron chi connectivity index (χ0n) is 25.5. The summed E-state index contributed by atoms with van der Waals surface area (Å²) in [6.07, 6.45) is 1.63. The van der Waals surface area contributed by atoms with Crippen LogP contribution in [0.5, 0.6) is 5.88 Å². The van der Waals surface area contributed by atoms with E-state index in [-0.39, 0.29) is 41.3 Å². The minimum Gasteiger partial charge on any atom is -0.478 e. The number of halogens is 3. The number of carbonyl (C=O) groups is 1. The minimum absolute atomic E-state index is 0.0505. The van der Waals surface area contributed by atoms with Crippen LogP contribution in [0.4, 0.5) is 13.2 Å². The van der Waals surface area contributed by atoms with Crippen LogP contribution in [0.1, 0.15) is 33.0 Å². The van der Waals surface area contributed by atoms with Crippen LogP contribution >= 0.6 is 0 Å². The molecule has 0 spiro atoms. The van der Waals surface area contributed by atoms with Crippen molar-refractivity contribution in [3.8, 4) is 28.3 Å². The summed E-state index contributed by atoms with van der Waals surface area (Å²) in [5.41, 5.74) is 3.90. The molecular formula is C36H29F3N4O4. The van der Waals surface area contributed by atoms with Crippen molar-refractivity contribution >= 4 is 17.0 Å². The minimum atomic E-state index is -1.09. The highest BCUT2D eigenvalue weighted by Crippen LogP contribution is 2.29. The van der Waals surface area contributed by atoms with Gasteiger partial charge in [0.1, 0.15) is 29.9 Å². The summed E-state index contributed by atoms with van der Waals surface area (Å²) < 4.78 is 58.6. The van der Waals surface area contributed by atoms with E-state index in [0.717, 1.165) is 23.4 Å². The van der Waals surface area contributed by atoms with E-state index in [1.54, 1.807) is 47.2 Å². The van der Waals surface area contributed by atoms with Crippen LogP contribution in [0.25, 0.3) is 33.4 Å². The lowest BCUT2D eigenvalue weighted by Crippen LogP contribution is -2.10. The van der Waals surface area contributed by atoms with Gasteiger partial charge in [0.15, 0.2) is 0 Å². The molecule has 3 aromatic heterocycles. The molecular weight excluding hydrogens is 609 g/mol. The number of aromatic carboxylic acids is 1. The zero-order valence-corrected chi connectivity index (χ0v) is 25.5. The van der Waals surface area contributed by atoms with E-state index < -0.39 is 23.4 Å². The van der Waals surface area contributed by atoms with E-state index in [1.165, 1.54) is 31.4 Å². The van der Waals surface area contributed by atoms with Crippen molar-refractivity contribution in [1.29, 1.82) is 0 Å². The lowest BCUT2D eigenvalue weighted by Gasteiger charge is -2.12. The third kappa shape index (κ3) is 6.70. The van der Waals surface area contributed by atoms with Gasteiger partial charge in [0.2, 0.25) is 5.88 Å². The maximum absolute atomic E-state index is 15.5. The Balaban J connectivity index is 1.22. The van der Waals surface area contributed by atoms with Crippen LogP contribution in [-0.4, -0.2) is 44.3 Å². The second-order valence-electron chi connectivity index (χ2n) is 10.9. The Kier molecular flexibility index (Phi) is 8.99. The Labute approximate surface area is 268 Å². The molecule has 0 aliphatic heterocycles. The highest BCUT2D eigenvalue weighted by Gasteiger charge is 2.19. The van der Waals surface area contributed by atoms with Crippen molar-refractivity contribution in [3.63, 3.8) is 0 Å². The van der Waals surface area contributed by atoms with Gasteiger partial charge in [-0.15, -0.1) is 0 Å². The van der Waals surface area contributed by atoms with E-state index in [4.69, 9.17) is 9.47 Å². The van der Waals surface area contributed by atoms with Gasteiger partial charge in [-0.3, -0.25) is 4.98 Å². The summed E-state index contributed by atoms with van der Waals surface area (Å²) in [7, 11) is 1.53. The number of carboxylic acid groups (broad SMARTS) is 1. The van der Waals surface area contributed by atoms with Crippen LogP contribution in [0.3, 0.4) is 0 Å². The number of nitrogens with zero attached hydrogens (tertiary/aromatic N) is 4. The molecule has 6 aromatic rings. The van der Waals surface area contributed by atoms with Gasteiger partial charge in [-0.2, -0.15) is 0 Å². The van der Waals surface area contributed by atoms with Gasteiger partial charge in [-0.1, -0.05) is 24.3 Å². The van der Waals surface area contributed by atoms with E-state index in [0.29, 0.717) is 41.1 Å². The number of imidazole rings is 1. The number of benzene rings is 3. The molecule has 0 unspecified atom stereocenters. The first-order valence-corrected chi connectivity index (χ1v) is 14.7. The summed E-state index contributed by atoms with van der Waals surface area (Å²) in [6.45, 7) is 2.37. The topological polar surface area (TPSA) is 99.4 Å². The Morgan fingerprint density at radius 3 is 2.47 bits per heavy atom. The van der Waals surface area contributed by atoms with Crippen molar-refractivity contribution in [1.82, 2.24) is 19.5 Å². The first-order chi connectivity index (χ1) is 22.7. The fourth-order valence-electron chi connectivity index (χ4n) is 5.38. The number of hydrogen-bond acceptors (Lipinski definition) is 6. The number of ether oxygens (including phenoxy) is 2. The third-order valence-corrected chi connectivity index (χ3v) is 7.82. The molecule has 3 aromatic carbocycles. The molecule has 11 heteroatoms. The van der Waals surface area contributed by atoms with E-state index in [2.05, 4.69) is 15.0 Å². The number of aryl methyl sites for hydroxylation is 1. The fraction of sp³-hybridized carbons (Fsp3) is 0.167. The molecule has 0 amide bonds.